The van der Waals surface area contributed by atoms with E-state index in [0.29, 0.717) is 5.69 Å². The molecule has 2 bridgehead atoms. The van der Waals surface area contributed by atoms with E-state index in [4.69, 9.17) is 4.74 Å². The van der Waals surface area contributed by atoms with Crippen molar-refractivity contribution in [1.82, 2.24) is 4.98 Å². The Labute approximate surface area is 204 Å². The van der Waals surface area contributed by atoms with Gasteiger partial charge in [-0.05, 0) is 42.4 Å². The third-order valence-corrected chi connectivity index (χ3v) is 10.8. The van der Waals surface area contributed by atoms with Crippen molar-refractivity contribution in [2.24, 2.45) is 29.6 Å². The number of para-hydroxylation sites is 2. The summed E-state index contributed by atoms with van der Waals surface area (Å²) in [6, 6.07) is 17.3. The molecule has 2 aliphatic carbocycles. The predicted molar refractivity (Wildman–Crippen MR) is 130 cm³/mol. The Kier molecular flexibility index (Phi) is 4.42. The van der Waals surface area contributed by atoms with Crippen LogP contribution in [0.15, 0.2) is 64.4 Å². The fraction of sp³-hybridized carbons (Fsp3) is 0.346. The van der Waals surface area contributed by atoms with E-state index in [1.807, 2.05) is 48.5 Å². The van der Waals surface area contributed by atoms with Crippen molar-refractivity contribution in [1.29, 1.82) is 0 Å². The van der Waals surface area contributed by atoms with Crippen molar-refractivity contribution < 1.29 is 14.3 Å². The molecule has 34 heavy (non-hydrogen) atoms. The first-order valence-electron chi connectivity index (χ1n) is 11.5. The summed E-state index contributed by atoms with van der Waals surface area (Å²) in [6.45, 7) is 0. The second-order valence-electron chi connectivity index (χ2n) is 9.55. The molecule has 0 spiro atoms. The monoisotopic (exact) mass is 490 g/mol. The van der Waals surface area contributed by atoms with Gasteiger partial charge in [0.05, 0.1) is 29.7 Å². The summed E-state index contributed by atoms with van der Waals surface area (Å²) >= 11 is 2.97. The van der Waals surface area contributed by atoms with Crippen LogP contribution in [0.2, 0.25) is 0 Å². The number of benzene rings is 2. The molecule has 6 unspecified atom stereocenters. The summed E-state index contributed by atoms with van der Waals surface area (Å²) in [7, 11) is 1.67. The lowest BCUT2D eigenvalue weighted by Crippen LogP contribution is -2.42. The molecule has 0 radical (unpaired) electrons. The molecule has 3 aromatic rings. The number of fused-ring (bicyclic) bond motifs is 9. The molecule has 2 amide bonds. The topological polar surface area (TPSA) is 79.5 Å². The first-order chi connectivity index (χ1) is 16.6. The highest BCUT2D eigenvalue weighted by Crippen LogP contribution is 2.69. The number of anilines is 1. The van der Waals surface area contributed by atoms with E-state index in [9.17, 15) is 14.4 Å². The largest absolute Gasteiger partial charge is 0.496 e. The number of hydrogen-bond donors (Lipinski definition) is 1. The molecular weight excluding hydrogens is 468 g/mol. The van der Waals surface area contributed by atoms with Gasteiger partial charge in [-0.2, -0.15) is 0 Å². The Hall–Kier alpha value is -2.84. The Morgan fingerprint density at radius 2 is 1.65 bits per heavy atom. The summed E-state index contributed by atoms with van der Waals surface area (Å²) in [6.07, 6.45) is 0.878. The molecule has 7 rings (SSSR count). The number of carbonyl (C=O) groups is 2. The summed E-state index contributed by atoms with van der Waals surface area (Å²) in [5.74, 6) is 0.427. The maximum atomic E-state index is 13.7. The van der Waals surface area contributed by atoms with Crippen LogP contribution >= 0.6 is 23.1 Å². The second kappa shape index (κ2) is 7.33. The lowest BCUT2D eigenvalue weighted by molar-refractivity contribution is -0.123. The molecule has 3 fully saturated rings. The Morgan fingerprint density at radius 3 is 2.41 bits per heavy atom. The molecule has 1 N–H and O–H groups in total. The number of thioether (sulfide) groups is 1. The molecule has 7 atom stereocenters. The van der Waals surface area contributed by atoms with Gasteiger partial charge in [-0.15, -0.1) is 11.8 Å². The van der Waals surface area contributed by atoms with Crippen LogP contribution in [-0.2, 0) is 9.59 Å². The third kappa shape index (κ3) is 2.61. The van der Waals surface area contributed by atoms with Gasteiger partial charge in [-0.25, -0.2) is 0 Å². The first-order valence-corrected chi connectivity index (χ1v) is 13.2. The van der Waals surface area contributed by atoms with E-state index in [0.717, 1.165) is 27.6 Å². The average molecular weight is 491 g/mol. The number of thiazole rings is 1. The zero-order chi connectivity index (χ0) is 23.1. The van der Waals surface area contributed by atoms with Crippen LogP contribution in [0.3, 0.4) is 0 Å². The zero-order valence-corrected chi connectivity index (χ0v) is 20.0. The highest BCUT2D eigenvalue weighted by Gasteiger charge is 2.69. The van der Waals surface area contributed by atoms with Crippen LogP contribution in [0, 0.1) is 29.6 Å². The van der Waals surface area contributed by atoms with Crippen LogP contribution in [0.4, 0.5) is 5.69 Å². The Balaban J connectivity index is 1.36. The summed E-state index contributed by atoms with van der Waals surface area (Å²) in [5.41, 5.74) is 1.71. The second-order valence-corrected chi connectivity index (χ2v) is 11.8. The van der Waals surface area contributed by atoms with E-state index < -0.39 is 0 Å². The minimum Gasteiger partial charge on any atom is -0.496 e. The molecule has 8 heteroatoms. The molecule has 4 aliphatic rings. The quantitative estimate of drug-likeness (QED) is 0.559. The molecule has 3 heterocycles. The number of aromatic nitrogens is 1. The number of carbonyl (C=O) groups excluding carboxylic acids is 2. The van der Waals surface area contributed by atoms with Crippen molar-refractivity contribution in [3.63, 3.8) is 0 Å². The maximum Gasteiger partial charge on any atom is 0.305 e. The number of amides is 2. The normalized spacial score (nSPS) is 33.1. The fourth-order valence-electron chi connectivity index (χ4n) is 7.12. The van der Waals surface area contributed by atoms with Gasteiger partial charge in [0.25, 0.3) is 0 Å². The van der Waals surface area contributed by atoms with Crippen molar-refractivity contribution in [3.05, 3.63) is 74.7 Å². The molecule has 1 saturated heterocycles. The van der Waals surface area contributed by atoms with Crippen molar-refractivity contribution in [2.45, 2.75) is 22.6 Å². The highest BCUT2D eigenvalue weighted by molar-refractivity contribution is 8.00. The number of nitrogens with one attached hydrogen (secondary N) is 1. The van der Waals surface area contributed by atoms with Gasteiger partial charge in [-0.1, -0.05) is 47.7 Å². The number of nitrogens with zero attached hydrogens (tertiary/aromatic N) is 1. The van der Waals surface area contributed by atoms with E-state index in [1.165, 1.54) is 16.2 Å². The molecule has 2 saturated carbocycles. The summed E-state index contributed by atoms with van der Waals surface area (Å²) in [5, 5.41) is 1.08. The molecular formula is C26H22N2O4S2. The SMILES string of the molecule is COc1ccccc1[C@H]1c2sc(=O)[nH]c2SC2C3CC(C4C(=O)N(c5ccccc5)C(=O)C34)C21. The highest BCUT2D eigenvalue weighted by atomic mass is 32.2. The number of hydrogen-bond acceptors (Lipinski definition) is 6. The van der Waals surface area contributed by atoms with Gasteiger partial charge in [0.2, 0.25) is 11.8 Å². The fourth-order valence-corrected chi connectivity index (χ4v) is 10.00. The zero-order valence-electron chi connectivity index (χ0n) is 18.3. The number of H-pyrrole nitrogens is 1. The van der Waals surface area contributed by atoms with E-state index >= 15 is 0 Å². The van der Waals surface area contributed by atoms with Crippen LogP contribution in [0.25, 0.3) is 0 Å². The molecule has 2 aromatic carbocycles. The smallest absolute Gasteiger partial charge is 0.305 e. The van der Waals surface area contributed by atoms with Crippen LogP contribution in [-0.4, -0.2) is 29.2 Å². The van der Waals surface area contributed by atoms with Crippen LogP contribution in [0.5, 0.6) is 5.75 Å². The molecule has 172 valence electrons. The van der Waals surface area contributed by atoms with Crippen LogP contribution in [0.1, 0.15) is 22.8 Å². The lowest BCUT2D eigenvalue weighted by atomic mass is 9.68. The predicted octanol–water partition coefficient (Wildman–Crippen LogP) is 4.12. The van der Waals surface area contributed by atoms with Gasteiger partial charge in [-0.3, -0.25) is 19.3 Å². The van der Waals surface area contributed by atoms with Gasteiger partial charge >= 0.3 is 4.87 Å². The Bertz CT molecular complexity index is 1380. The van der Waals surface area contributed by atoms with Crippen molar-refractivity contribution >= 4 is 40.6 Å². The number of methoxy groups -OCH3 is 1. The minimum absolute atomic E-state index is 0.0361. The van der Waals surface area contributed by atoms with Crippen molar-refractivity contribution in [3.8, 4) is 5.75 Å². The maximum absolute atomic E-state index is 13.7. The summed E-state index contributed by atoms with van der Waals surface area (Å²) < 4.78 is 5.73. The van der Waals surface area contributed by atoms with Gasteiger partial charge in [0.1, 0.15) is 5.75 Å². The molecule has 1 aromatic heterocycles. The standard InChI is InChI=1S/C26H22N2O4S2/c1-32-16-10-6-5-9-13(16)17-18-14-11-15(21(18)33-23-22(17)34-26(31)27-23)20-19(14)24(29)28(25(20)30)12-7-3-2-4-8-12/h2-10,14-15,17-21H,11H2,1H3,(H,27,31)/t14?,15?,17-,18?,19?,20?,21?/m1/s1. The van der Waals surface area contributed by atoms with Crippen molar-refractivity contribution in [2.75, 3.05) is 12.0 Å². The molecule has 2 aliphatic heterocycles. The van der Waals surface area contributed by atoms with Gasteiger partial charge in [0.15, 0.2) is 0 Å². The lowest BCUT2D eigenvalue weighted by Gasteiger charge is -2.43. The van der Waals surface area contributed by atoms with E-state index in [2.05, 4.69) is 11.1 Å². The Morgan fingerprint density at radius 1 is 0.941 bits per heavy atom. The number of aromatic amines is 1. The minimum atomic E-state index is -0.297. The van der Waals surface area contributed by atoms with Gasteiger partial charge in [0, 0.05) is 21.6 Å². The average Bonchev–Trinajstić information content (AvgIpc) is 3.58. The third-order valence-electron chi connectivity index (χ3n) is 8.21. The van der Waals surface area contributed by atoms with Crippen LogP contribution < -0.4 is 14.5 Å². The van der Waals surface area contributed by atoms with Gasteiger partial charge < -0.3 is 9.72 Å². The molecule has 6 nitrogen and oxygen atoms in total. The number of imide groups is 1. The van der Waals surface area contributed by atoms with E-state index in [1.54, 1.807) is 18.9 Å². The summed E-state index contributed by atoms with van der Waals surface area (Å²) in [4.78, 5) is 45.1. The van der Waals surface area contributed by atoms with E-state index in [-0.39, 0.29) is 57.4 Å². The number of rotatable bonds is 3. The number of ether oxygens (including phenoxy) is 1. The first kappa shape index (κ1) is 20.5.